The van der Waals surface area contributed by atoms with Crippen molar-refractivity contribution in [3.8, 4) is 21.9 Å². The summed E-state index contributed by atoms with van der Waals surface area (Å²) in [4.78, 5) is 1.19. The largest absolute Gasteiger partial charge is 0.497 e. The summed E-state index contributed by atoms with van der Waals surface area (Å²) in [5.41, 5.74) is 2.33. The van der Waals surface area contributed by atoms with E-state index in [4.69, 9.17) is 9.47 Å². The number of halogens is 1. The van der Waals surface area contributed by atoms with Crippen LogP contribution in [0.3, 0.4) is 0 Å². The highest BCUT2D eigenvalue weighted by molar-refractivity contribution is 9.10. The molecule has 0 unspecified atom stereocenters. The molecule has 0 N–H and O–H groups in total. The number of benzene rings is 1. The molecule has 0 radical (unpaired) electrons. The Morgan fingerprint density at radius 3 is 2.41 bits per heavy atom. The third-order valence-corrected chi connectivity index (χ3v) is 4.15. The van der Waals surface area contributed by atoms with Crippen LogP contribution in [0.15, 0.2) is 28.1 Å². The zero-order chi connectivity index (χ0) is 12.4. The van der Waals surface area contributed by atoms with Crippen molar-refractivity contribution in [1.82, 2.24) is 0 Å². The molecule has 17 heavy (non-hydrogen) atoms. The number of thiophene rings is 1. The molecule has 90 valence electrons. The standard InChI is InChI=1S/C13H13BrO2S/c1-8-4-12(17-7-8)13-10(14)5-9(15-2)6-11(13)16-3/h4-7H,1-3H3. The molecule has 0 spiro atoms. The zero-order valence-electron chi connectivity index (χ0n) is 9.91. The van der Waals surface area contributed by atoms with E-state index in [0.29, 0.717) is 0 Å². The quantitative estimate of drug-likeness (QED) is 0.830. The van der Waals surface area contributed by atoms with Crippen LogP contribution >= 0.6 is 27.3 Å². The molecule has 2 aromatic rings. The Hall–Kier alpha value is -1.00. The zero-order valence-corrected chi connectivity index (χ0v) is 12.3. The highest BCUT2D eigenvalue weighted by Crippen LogP contribution is 2.42. The monoisotopic (exact) mass is 312 g/mol. The maximum atomic E-state index is 5.43. The van der Waals surface area contributed by atoms with Crippen LogP contribution in [0.5, 0.6) is 11.5 Å². The van der Waals surface area contributed by atoms with Gasteiger partial charge in [-0.15, -0.1) is 11.3 Å². The Bertz CT molecular complexity index is 534. The third-order valence-electron chi connectivity index (χ3n) is 2.46. The van der Waals surface area contributed by atoms with Gasteiger partial charge in [0.15, 0.2) is 0 Å². The topological polar surface area (TPSA) is 18.5 Å². The molecule has 0 aliphatic heterocycles. The molecule has 0 fully saturated rings. The summed E-state index contributed by atoms with van der Waals surface area (Å²) in [6.45, 7) is 2.09. The molecule has 0 saturated heterocycles. The summed E-state index contributed by atoms with van der Waals surface area (Å²) in [5.74, 6) is 1.60. The number of ether oxygens (including phenoxy) is 2. The van der Waals surface area contributed by atoms with Crippen molar-refractivity contribution >= 4 is 27.3 Å². The molecule has 1 aromatic heterocycles. The lowest BCUT2D eigenvalue weighted by Crippen LogP contribution is -1.90. The molecule has 0 bridgehead atoms. The number of methoxy groups -OCH3 is 2. The summed E-state index contributed by atoms with van der Waals surface area (Å²) < 4.78 is 11.6. The van der Waals surface area contributed by atoms with E-state index in [1.165, 1.54) is 10.4 Å². The van der Waals surface area contributed by atoms with Crippen LogP contribution in [0.2, 0.25) is 0 Å². The second-order valence-corrected chi connectivity index (χ2v) is 5.44. The van der Waals surface area contributed by atoms with Crippen molar-refractivity contribution in [2.24, 2.45) is 0 Å². The first kappa shape index (κ1) is 12.5. The Labute approximate surface area is 113 Å². The van der Waals surface area contributed by atoms with Gasteiger partial charge in [0.25, 0.3) is 0 Å². The van der Waals surface area contributed by atoms with Crippen molar-refractivity contribution in [3.63, 3.8) is 0 Å². The number of aryl methyl sites for hydroxylation is 1. The first-order chi connectivity index (χ1) is 8.15. The lowest BCUT2D eigenvalue weighted by atomic mass is 10.1. The lowest BCUT2D eigenvalue weighted by molar-refractivity contribution is 0.395. The maximum Gasteiger partial charge on any atom is 0.132 e. The van der Waals surface area contributed by atoms with Gasteiger partial charge in [-0.05, 0) is 45.9 Å². The fourth-order valence-corrected chi connectivity index (χ4v) is 3.37. The molecular formula is C13H13BrO2S. The molecular weight excluding hydrogens is 300 g/mol. The molecule has 0 amide bonds. The molecule has 0 aliphatic rings. The minimum atomic E-state index is 0.783. The molecule has 0 aliphatic carbocycles. The summed E-state index contributed by atoms with van der Waals surface area (Å²) >= 11 is 5.28. The Morgan fingerprint density at radius 2 is 1.88 bits per heavy atom. The second kappa shape index (κ2) is 5.10. The van der Waals surface area contributed by atoms with E-state index < -0.39 is 0 Å². The molecule has 1 aromatic carbocycles. The van der Waals surface area contributed by atoms with E-state index in [0.717, 1.165) is 21.5 Å². The van der Waals surface area contributed by atoms with Crippen LogP contribution < -0.4 is 9.47 Å². The number of hydrogen-bond acceptors (Lipinski definition) is 3. The van der Waals surface area contributed by atoms with E-state index in [-0.39, 0.29) is 0 Å². The molecule has 1 heterocycles. The normalized spacial score (nSPS) is 10.4. The van der Waals surface area contributed by atoms with Crippen LogP contribution in [0.1, 0.15) is 5.56 Å². The Morgan fingerprint density at radius 1 is 1.12 bits per heavy atom. The number of hydrogen-bond donors (Lipinski definition) is 0. The van der Waals surface area contributed by atoms with Gasteiger partial charge >= 0.3 is 0 Å². The molecule has 0 saturated carbocycles. The van der Waals surface area contributed by atoms with Crippen molar-refractivity contribution in [2.75, 3.05) is 14.2 Å². The van der Waals surface area contributed by atoms with Gasteiger partial charge in [0.05, 0.1) is 14.2 Å². The summed E-state index contributed by atoms with van der Waals surface area (Å²) in [6.07, 6.45) is 0. The van der Waals surface area contributed by atoms with Crippen LogP contribution in [0.4, 0.5) is 0 Å². The molecule has 0 atom stereocenters. The van der Waals surface area contributed by atoms with Gasteiger partial charge in [-0.2, -0.15) is 0 Å². The van der Waals surface area contributed by atoms with Gasteiger partial charge in [-0.1, -0.05) is 0 Å². The highest BCUT2D eigenvalue weighted by Gasteiger charge is 2.14. The van der Waals surface area contributed by atoms with E-state index in [1.807, 2.05) is 12.1 Å². The van der Waals surface area contributed by atoms with Gasteiger partial charge in [0, 0.05) is 21.0 Å². The average Bonchev–Trinajstić information content (AvgIpc) is 2.74. The highest BCUT2D eigenvalue weighted by atomic mass is 79.9. The summed E-state index contributed by atoms with van der Waals surface area (Å²) in [5, 5.41) is 2.13. The maximum absolute atomic E-state index is 5.43. The van der Waals surface area contributed by atoms with Gasteiger partial charge in [0.1, 0.15) is 11.5 Å². The Balaban J connectivity index is 2.60. The molecule has 4 heteroatoms. The SMILES string of the molecule is COc1cc(Br)c(-c2cc(C)cs2)c(OC)c1. The first-order valence-electron chi connectivity index (χ1n) is 5.12. The minimum absolute atomic E-state index is 0.783. The lowest BCUT2D eigenvalue weighted by Gasteiger charge is -2.11. The predicted octanol–water partition coefficient (Wildman–Crippen LogP) is 4.50. The number of rotatable bonds is 3. The van der Waals surface area contributed by atoms with Crippen molar-refractivity contribution in [3.05, 3.63) is 33.6 Å². The molecule has 2 nitrogen and oxygen atoms in total. The van der Waals surface area contributed by atoms with Crippen LogP contribution in [-0.2, 0) is 0 Å². The molecule has 2 rings (SSSR count). The van der Waals surface area contributed by atoms with Gasteiger partial charge in [-0.25, -0.2) is 0 Å². The fraction of sp³-hybridized carbons (Fsp3) is 0.231. The van der Waals surface area contributed by atoms with E-state index in [2.05, 4.69) is 34.3 Å². The van der Waals surface area contributed by atoms with E-state index >= 15 is 0 Å². The van der Waals surface area contributed by atoms with Crippen LogP contribution in [-0.4, -0.2) is 14.2 Å². The van der Waals surface area contributed by atoms with E-state index in [9.17, 15) is 0 Å². The summed E-state index contributed by atoms with van der Waals surface area (Å²) in [7, 11) is 3.32. The van der Waals surface area contributed by atoms with Crippen LogP contribution in [0, 0.1) is 6.92 Å². The predicted molar refractivity (Wildman–Crippen MR) is 75.3 cm³/mol. The Kier molecular flexibility index (Phi) is 3.74. The van der Waals surface area contributed by atoms with E-state index in [1.54, 1.807) is 25.6 Å². The second-order valence-electron chi connectivity index (χ2n) is 3.67. The van der Waals surface area contributed by atoms with Gasteiger partial charge in [0.2, 0.25) is 0 Å². The van der Waals surface area contributed by atoms with Crippen LogP contribution in [0.25, 0.3) is 10.4 Å². The first-order valence-corrected chi connectivity index (χ1v) is 6.80. The minimum Gasteiger partial charge on any atom is -0.497 e. The van der Waals surface area contributed by atoms with Crippen molar-refractivity contribution < 1.29 is 9.47 Å². The fourth-order valence-electron chi connectivity index (χ4n) is 1.64. The van der Waals surface area contributed by atoms with Crippen molar-refractivity contribution in [1.29, 1.82) is 0 Å². The smallest absolute Gasteiger partial charge is 0.132 e. The average molecular weight is 313 g/mol. The summed E-state index contributed by atoms with van der Waals surface area (Å²) in [6, 6.07) is 6.00. The third kappa shape index (κ3) is 2.48. The van der Waals surface area contributed by atoms with Crippen molar-refractivity contribution in [2.45, 2.75) is 6.92 Å². The van der Waals surface area contributed by atoms with Gasteiger partial charge in [-0.3, -0.25) is 0 Å². The van der Waals surface area contributed by atoms with Gasteiger partial charge < -0.3 is 9.47 Å².